The van der Waals surface area contributed by atoms with Crippen LogP contribution in [0.5, 0.6) is 5.75 Å². The summed E-state index contributed by atoms with van der Waals surface area (Å²) in [6.45, 7) is 3.13. The van der Waals surface area contributed by atoms with Crippen molar-refractivity contribution in [2.75, 3.05) is 25.2 Å². The molecule has 0 saturated carbocycles. The Bertz CT molecular complexity index is 355. The van der Waals surface area contributed by atoms with Crippen molar-refractivity contribution in [3.63, 3.8) is 0 Å². The highest BCUT2D eigenvalue weighted by atomic mass is 32.2. The zero-order valence-electron chi connectivity index (χ0n) is 10.4. The molecule has 1 atom stereocenters. The van der Waals surface area contributed by atoms with Crippen molar-refractivity contribution in [1.29, 1.82) is 0 Å². The summed E-state index contributed by atoms with van der Waals surface area (Å²) in [5.74, 6) is 5.35. The average molecular weight is 249 g/mol. The maximum atomic E-state index is 5.19. The quantitative estimate of drug-likeness (QED) is 0.593. The van der Waals surface area contributed by atoms with Crippen LogP contribution in [0.2, 0.25) is 0 Å². The minimum atomic E-state index is 0.354. The molecule has 0 amide bonds. The Balaban J connectivity index is 2.31. The molecule has 17 heavy (non-hydrogen) atoms. The van der Waals surface area contributed by atoms with E-state index < -0.39 is 0 Å². The van der Waals surface area contributed by atoms with Crippen LogP contribution < -0.4 is 10.1 Å². The lowest BCUT2D eigenvalue weighted by molar-refractivity contribution is 0.414. The molecule has 0 aromatic heterocycles. The van der Waals surface area contributed by atoms with Gasteiger partial charge >= 0.3 is 0 Å². The molecule has 3 heteroatoms. The van der Waals surface area contributed by atoms with Gasteiger partial charge < -0.3 is 10.1 Å². The molecule has 1 unspecified atom stereocenters. The van der Waals surface area contributed by atoms with E-state index in [1.165, 1.54) is 5.56 Å². The van der Waals surface area contributed by atoms with E-state index in [1.54, 1.807) is 18.9 Å². The van der Waals surface area contributed by atoms with Crippen LogP contribution >= 0.6 is 11.8 Å². The van der Waals surface area contributed by atoms with Crippen molar-refractivity contribution < 1.29 is 4.74 Å². The van der Waals surface area contributed by atoms with Crippen LogP contribution in [0.25, 0.3) is 0 Å². The summed E-state index contributed by atoms with van der Waals surface area (Å²) in [6, 6.07) is 8.50. The number of benzene rings is 1. The molecular weight excluding hydrogens is 230 g/mol. The van der Waals surface area contributed by atoms with E-state index in [1.807, 2.05) is 12.1 Å². The van der Waals surface area contributed by atoms with Crippen molar-refractivity contribution >= 4 is 11.8 Å². The summed E-state index contributed by atoms with van der Waals surface area (Å²) in [6.07, 6.45) is 5.19. The Morgan fingerprint density at radius 2 is 2.12 bits per heavy atom. The maximum Gasteiger partial charge on any atom is 0.118 e. The van der Waals surface area contributed by atoms with Crippen LogP contribution in [0.1, 0.15) is 18.5 Å². The lowest BCUT2D eigenvalue weighted by Gasteiger charge is -2.14. The Labute approximate surface area is 108 Å². The molecule has 1 aromatic rings. The Morgan fingerprint density at radius 1 is 1.41 bits per heavy atom. The summed E-state index contributed by atoms with van der Waals surface area (Å²) in [5.41, 5.74) is 1.27. The Morgan fingerprint density at radius 3 is 2.71 bits per heavy atom. The summed E-state index contributed by atoms with van der Waals surface area (Å²) >= 11 is 1.78. The van der Waals surface area contributed by atoms with Gasteiger partial charge in [-0.2, -0.15) is 0 Å². The number of terminal acetylenes is 1. The summed E-state index contributed by atoms with van der Waals surface area (Å²) in [4.78, 5) is 0. The SMILES string of the molecule is C#CCSCCNC(C)c1ccc(OC)cc1. The van der Waals surface area contributed by atoms with Gasteiger partial charge in [0.25, 0.3) is 0 Å². The molecule has 92 valence electrons. The fourth-order valence-corrected chi connectivity index (χ4v) is 2.01. The number of methoxy groups -OCH3 is 1. The molecule has 0 aliphatic rings. The molecule has 0 spiro atoms. The van der Waals surface area contributed by atoms with E-state index in [0.29, 0.717) is 6.04 Å². The number of hydrogen-bond donors (Lipinski definition) is 1. The average Bonchev–Trinajstić information content (AvgIpc) is 2.38. The second kappa shape index (κ2) is 8.05. The number of hydrogen-bond acceptors (Lipinski definition) is 3. The first kappa shape index (κ1) is 14.0. The third kappa shape index (κ3) is 5.16. The summed E-state index contributed by atoms with van der Waals surface area (Å²) < 4.78 is 5.13. The number of rotatable bonds is 7. The fraction of sp³-hybridized carbons (Fsp3) is 0.429. The van der Waals surface area contributed by atoms with Crippen LogP contribution in [0.15, 0.2) is 24.3 Å². The monoisotopic (exact) mass is 249 g/mol. The van der Waals surface area contributed by atoms with E-state index >= 15 is 0 Å². The molecule has 2 nitrogen and oxygen atoms in total. The molecule has 1 rings (SSSR count). The highest BCUT2D eigenvalue weighted by Crippen LogP contribution is 2.17. The Kier molecular flexibility index (Phi) is 6.61. The number of ether oxygens (including phenoxy) is 1. The van der Waals surface area contributed by atoms with Crippen molar-refractivity contribution in [3.05, 3.63) is 29.8 Å². The topological polar surface area (TPSA) is 21.3 Å². The van der Waals surface area contributed by atoms with Gasteiger partial charge in [-0.15, -0.1) is 18.2 Å². The molecule has 0 fully saturated rings. The molecular formula is C14H19NOS. The number of nitrogens with one attached hydrogen (secondary N) is 1. The van der Waals surface area contributed by atoms with Crippen molar-refractivity contribution in [2.45, 2.75) is 13.0 Å². The van der Waals surface area contributed by atoms with Gasteiger partial charge in [0.2, 0.25) is 0 Å². The van der Waals surface area contributed by atoms with Crippen molar-refractivity contribution in [1.82, 2.24) is 5.32 Å². The molecule has 1 aromatic carbocycles. The maximum absolute atomic E-state index is 5.19. The second-order valence-electron chi connectivity index (χ2n) is 3.71. The minimum Gasteiger partial charge on any atom is -0.497 e. The predicted octanol–water partition coefficient (Wildman–Crippen LogP) is 2.71. The zero-order valence-corrected chi connectivity index (χ0v) is 11.2. The first-order chi connectivity index (χ1) is 8.27. The van der Waals surface area contributed by atoms with E-state index in [9.17, 15) is 0 Å². The van der Waals surface area contributed by atoms with Gasteiger partial charge in [0.15, 0.2) is 0 Å². The van der Waals surface area contributed by atoms with E-state index in [0.717, 1.165) is 23.8 Å². The third-order valence-electron chi connectivity index (χ3n) is 2.50. The van der Waals surface area contributed by atoms with Gasteiger partial charge in [0.1, 0.15) is 5.75 Å². The summed E-state index contributed by atoms with van der Waals surface area (Å²) in [5, 5.41) is 3.47. The lowest BCUT2D eigenvalue weighted by Crippen LogP contribution is -2.21. The van der Waals surface area contributed by atoms with Crippen LogP contribution in [0.4, 0.5) is 0 Å². The van der Waals surface area contributed by atoms with Crippen molar-refractivity contribution in [2.24, 2.45) is 0 Å². The van der Waals surface area contributed by atoms with Gasteiger partial charge in [-0.25, -0.2) is 0 Å². The van der Waals surface area contributed by atoms with Crippen LogP contribution in [-0.2, 0) is 0 Å². The normalized spacial score (nSPS) is 11.8. The van der Waals surface area contributed by atoms with E-state index in [-0.39, 0.29) is 0 Å². The highest BCUT2D eigenvalue weighted by Gasteiger charge is 2.03. The molecule has 0 saturated heterocycles. The van der Waals surface area contributed by atoms with Crippen LogP contribution in [0, 0.1) is 12.3 Å². The van der Waals surface area contributed by atoms with Gasteiger partial charge in [0.05, 0.1) is 12.9 Å². The molecule has 0 heterocycles. The fourth-order valence-electron chi connectivity index (χ4n) is 1.49. The minimum absolute atomic E-state index is 0.354. The Hall–Kier alpha value is -1.11. The molecule has 0 aliphatic heterocycles. The third-order valence-corrected chi connectivity index (χ3v) is 3.36. The standard InChI is InChI=1S/C14H19NOS/c1-4-10-17-11-9-15-12(2)13-5-7-14(16-3)8-6-13/h1,5-8,12,15H,9-11H2,2-3H3. The van der Waals surface area contributed by atoms with E-state index in [2.05, 4.69) is 30.3 Å². The smallest absolute Gasteiger partial charge is 0.118 e. The first-order valence-electron chi connectivity index (χ1n) is 5.66. The first-order valence-corrected chi connectivity index (χ1v) is 6.82. The van der Waals surface area contributed by atoms with Gasteiger partial charge in [-0.05, 0) is 24.6 Å². The van der Waals surface area contributed by atoms with Gasteiger partial charge in [-0.1, -0.05) is 18.1 Å². The predicted molar refractivity (Wildman–Crippen MR) is 75.6 cm³/mol. The van der Waals surface area contributed by atoms with Crippen LogP contribution in [-0.4, -0.2) is 25.2 Å². The molecule has 1 N–H and O–H groups in total. The van der Waals surface area contributed by atoms with Crippen molar-refractivity contribution in [3.8, 4) is 18.1 Å². The highest BCUT2D eigenvalue weighted by molar-refractivity contribution is 7.99. The van der Waals surface area contributed by atoms with E-state index in [4.69, 9.17) is 11.2 Å². The largest absolute Gasteiger partial charge is 0.497 e. The second-order valence-corrected chi connectivity index (χ2v) is 4.81. The molecule has 0 bridgehead atoms. The molecule has 0 radical (unpaired) electrons. The van der Waals surface area contributed by atoms with Crippen LogP contribution in [0.3, 0.4) is 0 Å². The van der Waals surface area contributed by atoms with Gasteiger partial charge in [-0.3, -0.25) is 0 Å². The zero-order chi connectivity index (χ0) is 12.5. The van der Waals surface area contributed by atoms with Gasteiger partial charge in [0, 0.05) is 18.3 Å². The lowest BCUT2D eigenvalue weighted by atomic mass is 10.1. The molecule has 0 aliphatic carbocycles. The summed E-state index contributed by atoms with van der Waals surface area (Å²) in [7, 11) is 1.68. The number of thioether (sulfide) groups is 1.